The van der Waals surface area contributed by atoms with Gasteiger partial charge in [0.1, 0.15) is 11.3 Å². The summed E-state index contributed by atoms with van der Waals surface area (Å²) in [6, 6.07) is 8.59. The maximum Gasteiger partial charge on any atom is 0.266 e. The lowest BCUT2D eigenvalue weighted by molar-refractivity contribution is 0.0920. The molecule has 0 aliphatic carbocycles. The number of hydrogen-bond donors (Lipinski definition) is 1. The first kappa shape index (κ1) is 19.0. The topological polar surface area (TPSA) is 94.2 Å². The molecule has 1 atom stereocenters. The number of thiophene rings is 1. The third-order valence-corrected chi connectivity index (χ3v) is 5.55. The van der Waals surface area contributed by atoms with E-state index in [9.17, 15) is 9.59 Å². The Morgan fingerprint density at radius 1 is 1.24 bits per heavy atom. The summed E-state index contributed by atoms with van der Waals surface area (Å²) in [5.74, 6) is -0.187. The molecular formula is C20H20N6O2S. The molecule has 0 aliphatic rings. The molecule has 0 fully saturated rings. The molecular weight excluding hydrogens is 388 g/mol. The minimum absolute atomic E-state index is 0.0906. The van der Waals surface area contributed by atoms with E-state index in [1.807, 2.05) is 31.4 Å². The third-order valence-electron chi connectivity index (χ3n) is 4.66. The Labute approximate surface area is 170 Å². The van der Waals surface area contributed by atoms with Gasteiger partial charge in [0.05, 0.1) is 23.7 Å². The quantitative estimate of drug-likeness (QED) is 0.529. The SMILES string of the molecule is CC(C)[C@H](Cn1nc(-c2cccs2)ccc1=O)NC(=O)c1cnn2cccnc12. The van der Waals surface area contributed by atoms with Crippen molar-refractivity contribution < 1.29 is 4.79 Å². The molecule has 0 unspecified atom stereocenters. The first-order valence-electron chi connectivity index (χ1n) is 9.24. The number of rotatable bonds is 6. The van der Waals surface area contributed by atoms with Crippen LogP contribution in [-0.2, 0) is 6.54 Å². The molecule has 1 N–H and O–H groups in total. The molecule has 0 saturated heterocycles. The van der Waals surface area contributed by atoms with Crippen LogP contribution < -0.4 is 10.9 Å². The van der Waals surface area contributed by atoms with E-state index >= 15 is 0 Å². The first-order valence-corrected chi connectivity index (χ1v) is 10.1. The molecule has 0 aliphatic heterocycles. The van der Waals surface area contributed by atoms with E-state index in [0.29, 0.717) is 11.2 Å². The van der Waals surface area contributed by atoms with Gasteiger partial charge >= 0.3 is 0 Å². The molecule has 1 amide bonds. The second-order valence-corrected chi connectivity index (χ2v) is 7.93. The number of hydrogen-bond acceptors (Lipinski definition) is 6. The minimum Gasteiger partial charge on any atom is -0.347 e. The Hall–Kier alpha value is -3.33. The predicted molar refractivity (Wildman–Crippen MR) is 111 cm³/mol. The van der Waals surface area contributed by atoms with Crippen molar-refractivity contribution >= 4 is 22.9 Å². The van der Waals surface area contributed by atoms with E-state index in [-0.39, 0.29) is 30.0 Å². The van der Waals surface area contributed by atoms with Gasteiger partial charge in [-0.2, -0.15) is 10.2 Å². The van der Waals surface area contributed by atoms with Crippen LogP contribution in [0.3, 0.4) is 0 Å². The lowest BCUT2D eigenvalue weighted by Crippen LogP contribution is -2.44. The number of fused-ring (bicyclic) bond motifs is 1. The molecule has 0 aromatic carbocycles. The van der Waals surface area contributed by atoms with Gasteiger partial charge in [-0.15, -0.1) is 11.3 Å². The summed E-state index contributed by atoms with van der Waals surface area (Å²) in [6.45, 7) is 4.26. The number of amides is 1. The fourth-order valence-corrected chi connectivity index (χ4v) is 3.67. The van der Waals surface area contributed by atoms with E-state index in [0.717, 1.165) is 10.6 Å². The second kappa shape index (κ2) is 7.96. The van der Waals surface area contributed by atoms with E-state index < -0.39 is 0 Å². The van der Waals surface area contributed by atoms with Crippen LogP contribution >= 0.6 is 11.3 Å². The normalized spacial score (nSPS) is 12.4. The third kappa shape index (κ3) is 3.95. The van der Waals surface area contributed by atoms with Gasteiger partial charge in [-0.3, -0.25) is 9.59 Å². The van der Waals surface area contributed by atoms with E-state index in [4.69, 9.17) is 0 Å². The molecule has 9 heteroatoms. The number of aromatic nitrogens is 5. The van der Waals surface area contributed by atoms with Crippen LogP contribution in [0.5, 0.6) is 0 Å². The van der Waals surface area contributed by atoms with Gasteiger partial charge in [-0.05, 0) is 29.5 Å². The highest BCUT2D eigenvalue weighted by atomic mass is 32.1. The predicted octanol–water partition coefficient (Wildman–Crippen LogP) is 2.47. The van der Waals surface area contributed by atoms with Gasteiger partial charge < -0.3 is 5.32 Å². The van der Waals surface area contributed by atoms with Crippen molar-refractivity contribution in [2.75, 3.05) is 0 Å². The van der Waals surface area contributed by atoms with Crippen molar-refractivity contribution in [1.82, 2.24) is 29.7 Å². The van der Waals surface area contributed by atoms with Gasteiger partial charge in [0.2, 0.25) is 0 Å². The van der Waals surface area contributed by atoms with Crippen LogP contribution in [0.25, 0.3) is 16.2 Å². The Balaban J connectivity index is 1.58. The number of nitrogens with zero attached hydrogens (tertiary/aromatic N) is 5. The molecule has 0 radical (unpaired) electrons. The summed E-state index contributed by atoms with van der Waals surface area (Å²) >= 11 is 1.56. The monoisotopic (exact) mass is 408 g/mol. The zero-order chi connectivity index (χ0) is 20.4. The number of nitrogens with one attached hydrogen (secondary N) is 1. The van der Waals surface area contributed by atoms with Gasteiger partial charge in [0.15, 0.2) is 5.65 Å². The van der Waals surface area contributed by atoms with E-state index in [2.05, 4.69) is 20.5 Å². The molecule has 4 heterocycles. The van der Waals surface area contributed by atoms with Crippen LogP contribution in [-0.4, -0.2) is 36.3 Å². The zero-order valence-electron chi connectivity index (χ0n) is 16.0. The van der Waals surface area contributed by atoms with Crippen molar-refractivity contribution in [3.63, 3.8) is 0 Å². The fraction of sp³-hybridized carbons (Fsp3) is 0.250. The standard InChI is InChI=1S/C20H20N6O2S/c1-13(2)16(23-20(28)14-11-22-25-9-4-8-21-19(14)25)12-26-18(27)7-6-15(24-26)17-5-3-10-29-17/h3-11,13,16H,12H2,1-2H3,(H,23,28)/t16-/m0/s1. The van der Waals surface area contributed by atoms with Crippen molar-refractivity contribution in [3.05, 3.63) is 70.2 Å². The van der Waals surface area contributed by atoms with Gasteiger partial charge in [-0.1, -0.05) is 19.9 Å². The van der Waals surface area contributed by atoms with Crippen LogP contribution in [0.1, 0.15) is 24.2 Å². The maximum absolute atomic E-state index is 12.9. The summed E-state index contributed by atoms with van der Waals surface area (Å²) in [5.41, 5.74) is 1.41. The Kier molecular flexibility index (Phi) is 5.22. The summed E-state index contributed by atoms with van der Waals surface area (Å²) in [7, 11) is 0. The summed E-state index contributed by atoms with van der Waals surface area (Å²) in [5, 5.41) is 13.6. The minimum atomic E-state index is -0.287. The Bertz CT molecular complexity index is 1200. The first-order chi connectivity index (χ1) is 14.0. The van der Waals surface area contributed by atoms with Gasteiger partial charge in [0, 0.05) is 18.5 Å². The highest BCUT2D eigenvalue weighted by Gasteiger charge is 2.21. The molecule has 148 valence electrons. The van der Waals surface area contributed by atoms with E-state index in [1.54, 1.807) is 40.4 Å². The lowest BCUT2D eigenvalue weighted by atomic mass is 10.0. The molecule has 0 saturated carbocycles. The molecule has 8 nitrogen and oxygen atoms in total. The van der Waals surface area contributed by atoms with Crippen LogP contribution in [0.2, 0.25) is 0 Å². The van der Waals surface area contributed by atoms with Crippen molar-refractivity contribution in [2.45, 2.75) is 26.4 Å². The summed E-state index contributed by atoms with van der Waals surface area (Å²) in [6.07, 6.45) is 4.85. The molecule has 0 spiro atoms. The Morgan fingerprint density at radius 2 is 2.10 bits per heavy atom. The lowest BCUT2D eigenvalue weighted by Gasteiger charge is -2.22. The van der Waals surface area contributed by atoms with Crippen molar-refractivity contribution in [3.8, 4) is 10.6 Å². The highest BCUT2D eigenvalue weighted by molar-refractivity contribution is 7.13. The van der Waals surface area contributed by atoms with E-state index in [1.165, 1.54) is 16.9 Å². The second-order valence-electron chi connectivity index (χ2n) is 6.99. The Morgan fingerprint density at radius 3 is 2.86 bits per heavy atom. The highest BCUT2D eigenvalue weighted by Crippen LogP contribution is 2.21. The molecule has 0 bridgehead atoms. The molecule has 29 heavy (non-hydrogen) atoms. The average molecular weight is 408 g/mol. The van der Waals surface area contributed by atoms with Crippen LogP contribution in [0.4, 0.5) is 0 Å². The number of carbonyl (C=O) groups excluding carboxylic acids is 1. The van der Waals surface area contributed by atoms with Crippen LogP contribution in [0, 0.1) is 5.92 Å². The smallest absolute Gasteiger partial charge is 0.266 e. The summed E-state index contributed by atoms with van der Waals surface area (Å²) in [4.78, 5) is 30.4. The maximum atomic E-state index is 12.9. The molecule has 4 aromatic heterocycles. The van der Waals surface area contributed by atoms with Gasteiger partial charge in [0.25, 0.3) is 11.5 Å². The molecule has 4 rings (SSSR count). The largest absolute Gasteiger partial charge is 0.347 e. The number of carbonyl (C=O) groups is 1. The summed E-state index contributed by atoms with van der Waals surface area (Å²) < 4.78 is 2.96. The van der Waals surface area contributed by atoms with Crippen molar-refractivity contribution in [1.29, 1.82) is 0 Å². The molecule has 4 aromatic rings. The zero-order valence-corrected chi connectivity index (χ0v) is 16.8. The van der Waals surface area contributed by atoms with Crippen molar-refractivity contribution in [2.24, 2.45) is 5.92 Å². The van der Waals surface area contributed by atoms with Gasteiger partial charge in [-0.25, -0.2) is 14.2 Å². The fourth-order valence-electron chi connectivity index (χ4n) is 2.98. The van der Waals surface area contributed by atoms with Crippen LogP contribution in [0.15, 0.2) is 59.1 Å². The average Bonchev–Trinajstić information content (AvgIpc) is 3.39.